The van der Waals surface area contributed by atoms with E-state index >= 15 is 0 Å². The molecule has 1 N–H and O–H groups in total. The molecule has 4 nitrogen and oxygen atoms in total. The second kappa shape index (κ2) is 3.24. The summed E-state index contributed by atoms with van der Waals surface area (Å²) < 4.78 is 12.6. The molecule has 0 spiro atoms. The molecule has 0 fully saturated rings. The van der Waals surface area contributed by atoms with E-state index in [1.165, 1.54) is 0 Å². The Kier molecular flexibility index (Phi) is 3.27. The summed E-state index contributed by atoms with van der Waals surface area (Å²) in [6, 6.07) is 0. The van der Waals surface area contributed by atoms with Crippen molar-refractivity contribution in [3.63, 3.8) is 0 Å². The molecule has 33 valence electrons. The normalized spacial score (nSPS) is 10.7. The second-order valence-corrected chi connectivity index (χ2v) is 1.09. The first-order chi connectivity index (χ1) is 2.77. The lowest BCUT2D eigenvalue weighted by Crippen LogP contribution is -1.94. The third-order valence-corrected chi connectivity index (χ3v) is 0.400. The van der Waals surface area contributed by atoms with Crippen molar-refractivity contribution < 1.29 is 18.9 Å². The van der Waals surface area contributed by atoms with Gasteiger partial charge in [0.2, 0.25) is 0 Å². The van der Waals surface area contributed by atoms with Crippen LogP contribution in [0.4, 0.5) is 0 Å². The van der Waals surface area contributed by atoms with Gasteiger partial charge in [0.05, 0.1) is 0 Å². The van der Waals surface area contributed by atoms with Crippen LogP contribution >= 0.6 is 8.25 Å². The first-order valence-corrected chi connectivity index (χ1v) is 2.14. The Morgan fingerprint density at radius 3 is 2.50 bits per heavy atom. The molecular weight excluding hydrogens is 106 g/mol. The van der Waals surface area contributed by atoms with Gasteiger partial charge < -0.3 is 9.92 Å². The van der Waals surface area contributed by atoms with Gasteiger partial charge in [-0.05, 0) is 4.57 Å². The molecule has 0 aromatic rings. The molecule has 0 heterocycles. The fourth-order valence-electron chi connectivity index (χ4n) is 0.0385. The van der Waals surface area contributed by atoms with Gasteiger partial charge in [0.15, 0.2) is 0 Å². The predicted octanol–water partition coefficient (Wildman–Crippen LogP) is -1.45. The summed E-state index contributed by atoms with van der Waals surface area (Å²) in [7, 11) is -2.80. The van der Waals surface area contributed by atoms with Crippen LogP contribution in [0, 0.1) is 0 Å². The van der Waals surface area contributed by atoms with E-state index in [0.29, 0.717) is 0 Å². The summed E-state index contributed by atoms with van der Waals surface area (Å²) in [6.45, 7) is 0. The minimum absolute atomic E-state index is 0.103. The van der Waals surface area contributed by atoms with Crippen LogP contribution < -0.4 is 4.89 Å². The van der Waals surface area contributed by atoms with Crippen molar-refractivity contribution in [2.24, 2.45) is 0 Å². The summed E-state index contributed by atoms with van der Waals surface area (Å²) in [4.78, 5) is 9.22. The number of rotatable bonds is 2. The Morgan fingerprint density at radius 1 is 2.00 bits per heavy atom. The summed E-state index contributed by atoms with van der Waals surface area (Å²) in [5.41, 5.74) is 0. The predicted molar refractivity (Wildman–Crippen MR) is 16.7 cm³/mol. The topological polar surface area (TPSA) is 69.6 Å². The SMILES string of the molecule is O=[P+]([O-])O[B]O. The third-order valence-electron chi connectivity index (χ3n) is 0.133. The van der Waals surface area contributed by atoms with Crippen LogP contribution in [-0.2, 0) is 9.01 Å². The fourth-order valence-corrected chi connectivity index (χ4v) is 0.115. The molecule has 0 aliphatic rings. The first kappa shape index (κ1) is 6.04. The highest BCUT2D eigenvalue weighted by atomic mass is 31.1. The van der Waals surface area contributed by atoms with E-state index in [1.807, 2.05) is 0 Å². The van der Waals surface area contributed by atoms with Crippen molar-refractivity contribution >= 4 is 15.9 Å². The highest BCUT2D eigenvalue weighted by molar-refractivity contribution is 7.31. The van der Waals surface area contributed by atoms with E-state index in [-0.39, 0.29) is 7.69 Å². The Hall–Kier alpha value is 0.0449. The monoisotopic (exact) mass is 107 g/mol. The van der Waals surface area contributed by atoms with Gasteiger partial charge in [-0.3, -0.25) is 0 Å². The van der Waals surface area contributed by atoms with Gasteiger partial charge in [0, 0.05) is 0 Å². The molecule has 0 saturated carbocycles. The van der Waals surface area contributed by atoms with Crippen LogP contribution in [-0.4, -0.2) is 12.7 Å². The van der Waals surface area contributed by atoms with Crippen molar-refractivity contribution in [2.45, 2.75) is 0 Å². The van der Waals surface area contributed by atoms with Crippen LogP contribution in [0.5, 0.6) is 0 Å². The van der Waals surface area contributed by atoms with E-state index in [2.05, 4.69) is 4.44 Å². The maximum Gasteiger partial charge on any atom is 0.552 e. The Balaban J connectivity index is 2.83. The maximum atomic E-state index is 9.22. The van der Waals surface area contributed by atoms with Crippen molar-refractivity contribution in [3.8, 4) is 0 Å². The Bertz CT molecular complexity index is 51.5. The van der Waals surface area contributed by atoms with Crippen molar-refractivity contribution in [2.75, 3.05) is 0 Å². The molecule has 0 aromatic carbocycles. The average Bonchev–Trinajstić information content (AvgIpc) is 1.35. The molecule has 0 saturated heterocycles. The molecule has 0 aromatic heterocycles. The standard InChI is InChI=1S/BHO4P/c2-1-5-6(3)4/h2H. The molecule has 1 atom stereocenters. The molecule has 0 rings (SSSR count). The zero-order valence-electron chi connectivity index (χ0n) is 2.70. The quantitative estimate of drug-likeness (QED) is 0.346. The number of hydrogen-bond donors (Lipinski definition) is 1. The number of hydrogen-bond acceptors (Lipinski definition) is 4. The van der Waals surface area contributed by atoms with Crippen LogP contribution in [0.15, 0.2) is 0 Å². The lowest BCUT2D eigenvalue weighted by molar-refractivity contribution is -0.179. The van der Waals surface area contributed by atoms with E-state index in [0.717, 1.165) is 0 Å². The lowest BCUT2D eigenvalue weighted by atomic mass is 10.5. The zero-order valence-corrected chi connectivity index (χ0v) is 3.59. The fraction of sp³-hybridized carbons (Fsp3) is 0. The van der Waals surface area contributed by atoms with Crippen molar-refractivity contribution in [3.05, 3.63) is 0 Å². The van der Waals surface area contributed by atoms with Crippen LogP contribution in [0.25, 0.3) is 0 Å². The molecule has 0 amide bonds. The summed E-state index contributed by atoms with van der Waals surface area (Å²) in [5, 5.41) is 7.51. The molecule has 6 heteroatoms. The van der Waals surface area contributed by atoms with Crippen LogP contribution in [0.2, 0.25) is 0 Å². The maximum absolute atomic E-state index is 9.22. The summed E-state index contributed by atoms with van der Waals surface area (Å²) >= 11 is 0. The lowest BCUT2D eigenvalue weighted by Gasteiger charge is -1.75. The van der Waals surface area contributed by atoms with Gasteiger partial charge in [-0.15, -0.1) is 0 Å². The molecule has 0 bridgehead atoms. The Labute approximate surface area is 36.0 Å². The van der Waals surface area contributed by atoms with E-state index in [4.69, 9.17) is 5.02 Å². The molecule has 0 aliphatic heterocycles. The van der Waals surface area contributed by atoms with Gasteiger partial charge in [0.25, 0.3) is 0 Å². The highest BCUT2D eigenvalue weighted by Crippen LogP contribution is 2.03. The average molecular weight is 107 g/mol. The molecule has 0 aliphatic carbocycles. The Morgan fingerprint density at radius 2 is 2.50 bits per heavy atom. The largest absolute Gasteiger partial charge is 0.567 e. The van der Waals surface area contributed by atoms with Gasteiger partial charge in [-0.1, -0.05) is 0 Å². The van der Waals surface area contributed by atoms with Gasteiger partial charge >= 0.3 is 15.9 Å². The van der Waals surface area contributed by atoms with Gasteiger partial charge in [0.1, 0.15) is 0 Å². The molecule has 1 unspecified atom stereocenters. The van der Waals surface area contributed by atoms with E-state index in [1.54, 1.807) is 0 Å². The second-order valence-electron chi connectivity index (χ2n) is 0.434. The third kappa shape index (κ3) is 4.04. The molecule has 1 radical (unpaired) electrons. The minimum Gasteiger partial charge on any atom is -0.567 e. The van der Waals surface area contributed by atoms with E-state index in [9.17, 15) is 9.46 Å². The van der Waals surface area contributed by atoms with E-state index < -0.39 is 8.25 Å². The van der Waals surface area contributed by atoms with Crippen molar-refractivity contribution in [1.82, 2.24) is 0 Å². The van der Waals surface area contributed by atoms with Crippen LogP contribution in [0.1, 0.15) is 0 Å². The minimum atomic E-state index is -2.91. The summed E-state index contributed by atoms with van der Waals surface area (Å²) in [6.07, 6.45) is 0. The van der Waals surface area contributed by atoms with Gasteiger partial charge in [-0.2, -0.15) is 4.44 Å². The molecular formula is HBO4P. The first-order valence-electron chi connectivity index (χ1n) is 1.04. The summed E-state index contributed by atoms with van der Waals surface area (Å²) in [5.74, 6) is 0. The smallest absolute Gasteiger partial charge is 0.552 e. The zero-order chi connectivity index (χ0) is 4.99. The van der Waals surface area contributed by atoms with Crippen LogP contribution in [0.3, 0.4) is 0 Å². The van der Waals surface area contributed by atoms with Gasteiger partial charge in [-0.25, -0.2) is 0 Å². The van der Waals surface area contributed by atoms with Crippen molar-refractivity contribution in [1.29, 1.82) is 0 Å². The highest BCUT2D eigenvalue weighted by Gasteiger charge is 1.98. The molecule has 6 heavy (non-hydrogen) atoms.